The molecular weight excluding hydrogens is 500 g/mol. The summed E-state index contributed by atoms with van der Waals surface area (Å²) in [7, 11) is 3.10. The minimum absolute atomic E-state index is 0.0799. The molecule has 0 fully saturated rings. The van der Waals surface area contributed by atoms with Crippen LogP contribution in [0.1, 0.15) is 47.9 Å². The van der Waals surface area contributed by atoms with Crippen molar-refractivity contribution in [2.45, 2.75) is 45.3 Å². The van der Waals surface area contributed by atoms with Crippen molar-refractivity contribution in [1.82, 2.24) is 4.98 Å². The summed E-state index contributed by atoms with van der Waals surface area (Å²) in [4.78, 5) is 29.5. The number of aromatic nitrogens is 1. The Bertz CT molecular complexity index is 1290. The first-order valence-electron chi connectivity index (χ1n) is 11.9. The second kappa shape index (κ2) is 11.7. The quantitative estimate of drug-likeness (QED) is 0.394. The number of rotatable bonds is 9. The number of carbonyl (C=O) groups excluding carboxylic acids is 2. The maximum atomic E-state index is 13.2. The van der Waals surface area contributed by atoms with Crippen LogP contribution >= 0.6 is 11.6 Å². The maximum absolute atomic E-state index is 13.2. The van der Waals surface area contributed by atoms with E-state index in [0.717, 1.165) is 0 Å². The van der Waals surface area contributed by atoms with Gasteiger partial charge in [0.2, 0.25) is 0 Å². The van der Waals surface area contributed by atoms with E-state index in [0.29, 0.717) is 63.7 Å². The van der Waals surface area contributed by atoms with Gasteiger partial charge in [0.05, 0.1) is 39.4 Å². The summed E-state index contributed by atoms with van der Waals surface area (Å²) in [6.45, 7) is 3.87. The number of nitrogens with zero attached hydrogens (tertiary/aromatic N) is 1. The number of halogens is 1. The van der Waals surface area contributed by atoms with Crippen LogP contribution in [0.15, 0.2) is 40.8 Å². The van der Waals surface area contributed by atoms with Crippen LogP contribution < -0.4 is 14.8 Å². The highest BCUT2D eigenvalue weighted by atomic mass is 35.5. The van der Waals surface area contributed by atoms with Crippen LogP contribution in [0.2, 0.25) is 5.02 Å². The number of ether oxygens (including phenoxy) is 4. The van der Waals surface area contributed by atoms with Gasteiger partial charge in [-0.2, -0.15) is 0 Å². The molecule has 3 aromatic rings. The van der Waals surface area contributed by atoms with Gasteiger partial charge in [-0.25, -0.2) is 4.98 Å². The third-order valence-corrected chi connectivity index (χ3v) is 6.26. The molecular formula is C27H29ClN2O7. The maximum Gasteiger partial charge on any atom is 0.306 e. The van der Waals surface area contributed by atoms with Gasteiger partial charge < -0.3 is 28.7 Å². The molecule has 1 amide bonds. The van der Waals surface area contributed by atoms with E-state index in [2.05, 4.69) is 10.3 Å². The summed E-state index contributed by atoms with van der Waals surface area (Å²) in [5.74, 6) is 1.26. The average Bonchev–Trinajstić information content (AvgIpc) is 3.17. The van der Waals surface area contributed by atoms with Crippen molar-refractivity contribution >= 4 is 29.2 Å². The Morgan fingerprint density at radius 1 is 1.16 bits per heavy atom. The van der Waals surface area contributed by atoms with Crippen molar-refractivity contribution in [2.75, 3.05) is 26.1 Å². The predicted octanol–water partition coefficient (Wildman–Crippen LogP) is 4.82. The van der Waals surface area contributed by atoms with Crippen LogP contribution in [0.4, 0.5) is 5.69 Å². The summed E-state index contributed by atoms with van der Waals surface area (Å²) in [6.07, 6.45) is -1.04. The molecule has 0 spiro atoms. The molecule has 1 aliphatic heterocycles. The fourth-order valence-corrected chi connectivity index (χ4v) is 4.47. The Balaban J connectivity index is 1.66. The zero-order chi connectivity index (χ0) is 26.5. The number of anilines is 1. The molecule has 0 saturated heterocycles. The lowest BCUT2D eigenvalue weighted by Crippen LogP contribution is -2.31. The van der Waals surface area contributed by atoms with Gasteiger partial charge in [0.25, 0.3) is 5.91 Å². The number of esters is 1. The van der Waals surface area contributed by atoms with Crippen LogP contribution in [0, 0.1) is 6.92 Å². The highest BCUT2D eigenvalue weighted by Gasteiger charge is 2.35. The van der Waals surface area contributed by atoms with Gasteiger partial charge in [-0.3, -0.25) is 9.59 Å². The third kappa shape index (κ3) is 5.89. The molecule has 2 aromatic carbocycles. The van der Waals surface area contributed by atoms with Crippen LogP contribution in [-0.2, 0) is 31.9 Å². The summed E-state index contributed by atoms with van der Waals surface area (Å²) in [5, 5.41) is 3.43. The highest BCUT2D eigenvalue weighted by molar-refractivity contribution is 6.30. The first-order chi connectivity index (χ1) is 17.8. The number of oxazole rings is 1. The topological polar surface area (TPSA) is 109 Å². The molecule has 2 atom stereocenters. The van der Waals surface area contributed by atoms with E-state index >= 15 is 0 Å². The number of carbonyl (C=O) groups is 2. The number of amides is 1. The van der Waals surface area contributed by atoms with Crippen LogP contribution in [0.3, 0.4) is 0 Å². The molecule has 37 heavy (non-hydrogen) atoms. The van der Waals surface area contributed by atoms with Gasteiger partial charge in [-0.15, -0.1) is 0 Å². The summed E-state index contributed by atoms with van der Waals surface area (Å²) >= 11 is 6.33. The molecule has 0 radical (unpaired) electrons. The van der Waals surface area contributed by atoms with E-state index in [9.17, 15) is 9.59 Å². The Hall–Kier alpha value is -3.56. The molecule has 1 aliphatic rings. The van der Waals surface area contributed by atoms with Crippen LogP contribution in [0.25, 0.3) is 0 Å². The monoisotopic (exact) mass is 528 g/mol. The van der Waals surface area contributed by atoms with Crippen LogP contribution in [-0.4, -0.2) is 43.8 Å². The summed E-state index contributed by atoms with van der Waals surface area (Å²) < 4.78 is 28.5. The Morgan fingerprint density at radius 3 is 2.70 bits per heavy atom. The molecule has 196 valence electrons. The van der Waals surface area contributed by atoms with Gasteiger partial charge in [0, 0.05) is 28.3 Å². The van der Waals surface area contributed by atoms with Crippen molar-refractivity contribution in [3.63, 3.8) is 0 Å². The van der Waals surface area contributed by atoms with Crippen molar-refractivity contribution < 1.29 is 33.0 Å². The van der Waals surface area contributed by atoms with E-state index in [1.165, 1.54) is 0 Å². The second-order valence-corrected chi connectivity index (χ2v) is 8.87. The number of para-hydroxylation sites is 1. The fourth-order valence-electron chi connectivity index (χ4n) is 4.29. The van der Waals surface area contributed by atoms with E-state index in [-0.39, 0.29) is 24.7 Å². The number of nitrogens with one attached hydrogen (secondary N) is 1. The molecule has 1 aromatic heterocycles. The van der Waals surface area contributed by atoms with Gasteiger partial charge in [-0.05, 0) is 38.1 Å². The van der Waals surface area contributed by atoms with Gasteiger partial charge >= 0.3 is 5.97 Å². The molecule has 1 N–H and O–H groups in total. The molecule has 2 heterocycles. The van der Waals surface area contributed by atoms with Crippen LogP contribution in [0.5, 0.6) is 11.5 Å². The Kier molecular flexibility index (Phi) is 8.35. The predicted molar refractivity (Wildman–Crippen MR) is 136 cm³/mol. The Labute approximate surface area is 220 Å². The minimum atomic E-state index is -0.942. The second-order valence-electron chi connectivity index (χ2n) is 8.43. The van der Waals surface area contributed by atoms with Gasteiger partial charge in [-0.1, -0.05) is 23.7 Å². The van der Waals surface area contributed by atoms with Gasteiger partial charge in [0.15, 0.2) is 17.4 Å². The molecule has 4 rings (SSSR count). The number of benzene rings is 2. The van der Waals surface area contributed by atoms with E-state index < -0.39 is 12.2 Å². The normalized spacial score (nSPS) is 16.9. The molecule has 0 saturated carbocycles. The number of hydrogen-bond donors (Lipinski definition) is 1. The molecule has 0 aliphatic carbocycles. The molecule has 0 unspecified atom stereocenters. The van der Waals surface area contributed by atoms with Crippen molar-refractivity contribution in [3.8, 4) is 11.5 Å². The van der Waals surface area contributed by atoms with E-state index in [1.807, 2.05) is 12.1 Å². The van der Waals surface area contributed by atoms with Crippen molar-refractivity contribution in [3.05, 3.63) is 69.9 Å². The number of hydrogen-bond acceptors (Lipinski definition) is 8. The zero-order valence-electron chi connectivity index (χ0n) is 21.1. The summed E-state index contributed by atoms with van der Waals surface area (Å²) in [5.41, 5.74) is 2.57. The van der Waals surface area contributed by atoms with Crippen molar-refractivity contribution in [1.29, 1.82) is 0 Å². The van der Waals surface area contributed by atoms with E-state index in [4.69, 9.17) is 35.0 Å². The highest BCUT2D eigenvalue weighted by Crippen LogP contribution is 2.43. The van der Waals surface area contributed by atoms with E-state index in [1.54, 1.807) is 52.3 Å². The molecule has 9 nitrogen and oxygen atoms in total. The average molecular weight is 529 g/mol. The lowest BCUT2D eigenvalue weighted by atomic mass is 9.98. The first kappa shape index (κ1) is 26.5. The van der Waals surface area contributed by atoms with Gasteiger partial charge in [0.1, 0.15) is 18.0 Å². The third-order valence-electron chi connectivity index (χ3n) is 6.02. The summed E-state index contributed by atoms with van der Waals surface area (Å²) in [6, 6.07) is 10.7. The lowest BCUT2D eigenvalue weighted by molar-refractivity contribution is -0.143. The first-order valence-corrected chi connectivity index (χ1v) is 12.3. The largest absolute Gasteiger partial charge is 0.493 e. The zero-order valence-corrected chi connectivity index (χ0v) is 21.9. The number of fused-ring (bicyclic) bond motifs is 1. The molecule has 10 heteroatoms. The standard InChI is InChI=1S/C27H29ClN2O7/c1-5-35-24(31)12-11-20-15(2)29-23(36-20)14-22-27(32)30-19-10-9-16(28)13-18(19)25(37-22)17-7-6-8-21(33-3)26(17)34-4/h6-10,13,22,25H,5,11-12,14H2,1-4H3,(H,30,32)/t22-,25-/m0/s1. The lowest BCUT2D eigenvalue weighted by Gasteiger charge is -2.24. The number of aryl methyl sites for hydroxylation is 2. The minimum Gasteiger partial charge on any atom is -0.493 e. The van der Waals surface area contributed by atoms with Crippen molar-refractivity contribution in [2.24, 2.45) is 0 Å². The SMILES string of the molecule is CCOC(=O)CCc1oc(C[C@@H]2O[C@@H](c3cccc(OC)c3OC)c3cc(Cl)ccc3NC2=O)nc1C. The smallest absolute Gasteiger partial charge is 0.306 e. The molecule has 0 bridgehead atoms. The fraction of sp³-hybridized carbons (Fsp3) is 0.370. The Morgan fingerprint density at radius 2 is 1.97 bits per heavy atom. The number of methoxy groups -OCH3 is 2.